The van der Waals surface area contributed by atoms with Crippen LogP contribution in [0.25, 0.3) is 0 Å². The lowest BCUT2D eigenvalue weighted by atomic mass is 9.87. The third-order valence-corrected chi connectivity index (χ3v) is 3.15. The van der Waals surface area contributed by atoms with Crippen molar-refractivity contribution in [3.05, 3.63) is 34.9 Å². The number of halogens is 1. The predicted octanol–water partition coefficient (Wildman–Crippen LogP) is 4.49. The van der Waals surface area contributed by atoms with Gasteiger partial charge >= 0.3 is 0 Å². The van der Waals surface area contributed by atoms with Gasteiger partial charge in [-0.05, 0) is 29.5 Å². The summed E-state index contributed by atoms with van der Waals surface area (Å²) in [4.78, 5) is 0. The Morgan fingerprint density at radius 2 is 1.69 bits per heavy atom. The quantitative estimate of drug-likeness (QED) is 0.668. The van der Waals surface area contributed by atoms with Gasteiger partial charge in [-0.1, -0.05) is 50.9 Å². The van der Waals surface area contributed by atoms with Crippen LogP contribution < -0.4 is 0 Å². The summed E-state index contributed by atoms with van der Waals surface area (Å²) < 4.78 is 0. The van der Waals surface area contributed by atoms with Crippen LogP contribution in [0, 0.1) is 5.92 Å². The Morgan fingerprint density at radius 1 is 1.15 bits per heavy atom. The molecule has 0 aliphatic heterocycles. The van der Waals surface area contributed by atoms with E-state index in [0.717, 1.165) is 10.9 Å². The molecule has 0 aromatic heterocycles. The maximum Gasteiger partial charge on any atom is 0.0406 e. The lowest BCUT2D eigenvalue weighted by Crippen LogP contribution is -2.04. The molecule has 1 aromatic rings. The van der Waals surface area contributed by atoms with Crippen molar-refractivity contribution >= 4 is 11.6 Å². The minimum atomic E-state index is 0.627. The molecule has 0 saturated heterocycles. The van der Waals surface area contributed by atoms with Gasteiger partial charge < -0.3 is 0 Å². The van der Waals surface area contributed by atoms with Crippen LogP contribution in [-0.2, 0) is 0 Å². The normalized spacial score (nSPS) is 15.4. The highest BCUT2D eigenvalue weighted by atomic mass is 35.5. The molecule has 2 atom stereocenters. The van der Waals surface area contributed by atoms with E-state index >= 15 is 0 Å². The van der Waals surface area contributed by atoms with Crippen LogP contribution >= 0.6 is 11.6 Å². The standard InChI is InChI=1S/C12H17Cl/c1-4-9(2)10(3)11-5-7-12(13)8-6-11/h5-10H,4H2,1-3H3. The number of benzene rings is 1. The average Bonchev–Trinajstić information content (AvgIpc) is 2.17. The summed E-state index contributed by atoms with van der Waals surface area (Å²) in [5.74, 6) is 1.36. The summed E-state index contributed by atoms with van der Waals surface area (Å²) >= 11 is 5.83. The Labute approximate surface area is 85.9 Å². The second-order valence-corrected chi connectivity index (χ2v) is 4.16. The molecule has 1 rings (SSSR count). The van der Waals surface area contributed by atoms with E-state index < -0.39 is 0 Å². The van der Waals surface area contributed by atoms with Gasteiger partial charge in [-0.25, -0.2) is 0 Å². The summed E-state index contributed by atoms with van der Waals surface area (Å²) in [6, 6.07) is 8.18. The van der Waals surface area contributed by atoms with Crippen LogP contribution in [0.5, 0.6) is 0 Å². The van der Waals surface area contributed by atoms with E-state index in [0.29, 0.717) is 5.92 Å². The molecular weight excluding hydrogens is 180 g/mol. The second-order valence-electron chi connectivity index (χ2n) is 3.73. The molecule has 0 fully saturated rings. The third kappa shape index (κ3) is 2.73. The van der Waals surface area contributed by atoms with Gasteiger partial charge in [0.2, 0.25) is 0 Å². The number of rotatable bonds is 3. The lowest BCUT2D eigenvalue weighted by Gasteiger charge is -2.18. The summed E-state index contributed by atoms with van der Waals surface area (Å²) in [5.41, 5.74) is 1.39. The van der Waals surface area contributed by atoms with E-state index in [1.807, 2.05) is 12.1 Å². The first-order valence-electron chi connectivity index (χ1n) is 4.90. The smallest absolute Gasteiger partial charge is 0.0406 e. The van der Waals surface area contributed by atoms with Gasteiger partial charge in [-0.3, -0.25) is 0 Å². The summed E-state index contributed by atoms with van der Waals surface area (Å²) in [6.45, 7) is 6.80. The van der Waals surface area contributed by atoms with E-state index in [2.05, 4.69) is 32.9 Å². The van der Waals surface area contributed by atoms with E-state index in [1.54, 1.807) is 0 Å². The Balaban J connectivity index is 2.77. The van der Waals surface area contributed by atoms with Crippen LogP contribution in [0.4, 0.5) is 0 Å². The lowest BCUT2D eigenvalue weighted by molar-refractivity contribution is 0.473. The third-order valence-electron chi connectivity index (χ3n) is 2.89. The van der Waals surface area contributed by atoms with Crippen molar-refractivity contribution in [3.63, 3.8) is 0 Å². The molecule has 0 nitrogen and oxygen atoms in total. The van der Waals surface area contributed by atoms with Gasteiger partial charge in [-0.15, -0.1) is 0 Å². The van der Waals surface area contributed by atoms with Crippen LogP contribution in [0.2, 0.25) is 5.02 Å². The van der Waals surface area contributed by atoms with Crippen molar-refractivity contribution in [2.45, 2.75) is 33.1 Å². The van der Waals surface area contributed by atoms with Crippen LogP contribution in [0.3, 0.4) is 0 Å². The highest BCUT2D eigenvalue weighted by Crippen LogP contribution is 2.26. The zero-order valence-electron chi connectivity index (χ0n) is 8.55. The summed E-state index contributed by atoms with van der Waals surface area (Å²) in [7, 11) is 0. The molecule has 2 unspecified atom stereocenters. The molecule has 0 N–H and O–H groups in total. The van der Waals surface area contributed by atoms with Gasteiger partial charge in [0.15, 0.2) is 0 Å². The van der Waals surface area contributed by atoms with Crippen molar-refractivity contribution in [1.29, 1.82) is 0 Å². The highest BCUT2D eigenvalue weighted by Gasteiger charge is 2.11. The zero-order valence-corrected chi connectivity index (χ0v) is 9.31. The fourth-order valence-corrected chi connectivity index (χ4v) is 1.57. The first kappa shape index (κ1) is 10.6. The Kier molecular flexibility index (Phi) is 3.80. The van der Waals surface area contributed by atoms with Gasteiger partial charge in [0.25, 0.3) is 0 Å². The molecule has 0 amide bonds. The van der Waals surface area contributed by atoms with Crippen molar-refractivity contribution in [2.24, 2.45) is 5.92 Å². The fraction of sp³-hybridized carbons (Fsp3) is 0.500. The predicted molar refractivity (Wildman–Crippen MR) is 59.3 cm³/mol. The number of hydrogen-bond acceptors (Lipinski definition) is 0. The van der Waals surface area contributed by atoms with Gasteiger partial charge in [0, 0.05) is 5.02 Å². The molecular formula is C12H17Cl. The van der Waals surface area contributed by atoms with Gasteiger partial charge in [0.05, 0.1) is 0 Å². The first-order valence-corrected chi connectivity index (χ1v) is 5.28. The molecule has 1 aromatic carbocycles. The minimum Gasteiger partial charge on any atom is -0.0843 e. The van der Waals surface area contributed by atoms with Crippen LogP contribution in [0.1, 0.15) is 38.7 Å². The Morgan fingerprint density at radius 3 is 2.15 bits per heavy atom. The fourth-order valence-electron chi connectivity index (χ4n) is 1.45. The zero-order chi connectivity index (χ0) is 9.84. The van der Waals surface area contributed by atoms with E-state index in [-0.39, 0.29) is 0 Å². The molecule has 1 heteroatoms. The molecule has 0 radical (unpaired) electrons. The van der Waals surface area contributed by atoms with Crippen molar-refractivity contribution < 1.29 is 0 Å². The van der Waals surface area contributed by atoms with Crippen LogP contribution in [0.15, 0.2) is 24.3 Å². The van der Waals surface area contributed by atoms with E-state index in [1.165, 1.54) is 12.0 Å². The van der Waals surface area contributed by atoms with Gasteiger partial charge in [0.1, 0.15) is 0 Å². The first-order chi connectivity index (χ1) is 6.15. The second kappa shape index (κ2) is 4.66. The molecule has 0 aliphatic carbocycles. The largest absolute Gasteiger partial charge is 0.0843 e. The topological polar surface area (TPSA) is 0 Å². The molecule has 0 saturated carbocycles. The number of hydrogen-bond donors (Lipinski definition) is 0. The highest BCUT2D eigenvalue weighted by molar-refractivity contribution is 6.30. The molecule has 72 valence electrons. The van der Waals surface area contributed by atoms with Gasteiger partial charge in [-0.2, -0.15) is 0 Å². The molecule has 0 heterocycles. The monoisotopic (exact) mass is 196 g/mol. The van der Waals surface area contributed by atoms with Crippen molar-refractivity contribution in [2.75, 3.05) is 0 Å². The molecule has 0 spiro atoms. The maximum absolute atomic E-state index is 5.83. The van der Waals surface area contributed by atoms with Crippen molar-refractivity contribution in [1.82, 2.24) is 0 Å². The minimum absolute atomic E-state index is 0.627. The van der Waals surface area contributed by atoms with Crippen LogP contribution in [-0.4, -0.2) is 0 Å². The van der Waals surface area contributed by atoms with Crippen molar-refractivity contribution in [3.8, 4) is 0 Å². The van der Waals surface area contributed by atoms with E-state index in [9.17, 15) is 0 Å². The summed E-state index contributed by atoms with van der Waals surface area (Å²) in [5, 5.41) is 0.820. The molecule has 0 aliphatic rings. The molecule has 13 heavy (non-hydrogen) atoms. The Hall–Kier alpha value is -0.490. The van der Waals surface area contributed by atoms with E-state index in [4.69, 9.17) is 11.6 Å². The average molecular weight is 197 g/mol. The Bertz CT molecular complexity index is 250. The maximum atomic E-state index is 5.83. The molecule has 0 bridgehead atoms. The summed E-state index contributed by atoms with van der Waals surface area (Å²) in [6.07, 6.45) is 1.23. The SMILES string of the molecule is CCC(C)C(C)c1ccc(Cl)cc1.